The molecule has 0 atom stereocenters. The Labute approximate surface area is 107 Å². The molecule has 1 aromatic rings. The molecule has 10 heteroatoms. The molecule has 0 saturated heterocycles. The van der Waals surface area contributed by atoms with Gasteiger partial charge in [0.2, 0.25) is 0 Å². The van der Waals surface area contributed by atoms with E-state index in [1.165, 1.54) is 0 Å². The van der Waals surface area contributed by atoms with E-state index in [-0.39, 0.29) is 0 Å². The summed E-state index contributed by atoms with van der Waals surface area (Å²) in [6.45, 7) is 0. The molecule has 1 aromatic carbocycles. The molecule has 0 aliphatic carbocycles. The van der Waals surface area contributed by atoms with Crippen LogP contribution in [-0.4, -0.2) is 29.1 Å². The van der Waals surface area contributed by atoms with Crippen molar-refractivity contribution in [2.24, 2.45) is 0 Å². The Kier molecular flexibility index (Phi) is 3.97. The van der Waals surface area contributed by atoms with Crippen molar-refractivity contribution < 1.29 is 41.0 Å². The van der Waals surface area contributed by atoms with Gasteiger partial charge in [0, 0.05) is 5.69 Å². The third-order valence-corrected chi connectivity index (χ3v) is 2.10. The third-order valence-electron chi connectivity index (χ3n) is 2.10. The second-order valence-electron chi connectivity index (χ2n) is 3.53. The minimum absolute atomic E-state index is 0.313. The van der Waals surface area contributed by atoms with Crippen LogP contribution in [0.4, 0.5) is 32.0 Å². The molecule has 0 unspecified atom stereocenters. The molecular weight excluding hydrogens is 296 g/mol. The molecule has 1 amide bonds. The molecule has 110 valence electrons. The Balaban J connectivity index is 2.98. The molecule has 0 aliphatic rings. The fraction of sp³-hybridized carbons (Fsp3) is 0.200. The topological polar surface area (TPSA) is 66.4 Å². The Hall–Kier alpha value is -2.26. The van der Waals surface area contributed by atoms with Crippen molar-refractivity contribution in [3.8, 4) is 0 Å². The number of anilines is 1. The number of hydrogen-bond acceptors (Lipinski definition) is 2. The second-order valence-corrected chi connectivity index (χ2v) is 3.53. The Morgan fingerprint density at radius 1 is 1.10 bits per heavy atom. The van der Waals surface area contributed by atoms with Crippen molar-refractivity contribution in [3.63, 3.8) is 0 Å². The fourth-order valence-electron chi connectivity index (χ4n) is 1.10. The zero-order valence-electron chi connectivity index (χ0n) is 9.26. The van der Waals surface area contributed by atoms with Gasteiger partial charge in [0.15, 0.2) is 0 Å². The minimum Gasteiger partial charge on any atom is -0.478 e. The van der Waals surface area contributed by atoms with Gasteiger partial charge in [0.05, 0.1) is 5.56 Å². The quantitative estimate of drug-likeness (QED) is 0.843. The molecule has 0 fully saturated rings. The lowest BCUT2D eigenvalue weighted by molar-refractivity contribution is -0.267. The van der Waals surface area contributed by atoms with Crippen LogP contribution < -0.4 is 5.32 Å². The number of carboxylic acid groups (broad SMARTS) is 1. The first-order chi connectivity index (χ1) is 8.96. The number of nitrogens with one attached hydrogen (secondary N) is 1. The van der Waals surface area contributed by atoms with E-state index in [1.807, 2.05) is 0 Å². The highest BCUT2D eigenvalue weighted by atomic mass is 19.4. The summed E-state index contributed by atoms with van der Waals surface area (Å²) >= 11 is 0. The van der Waals surface area contributed by atoms with Crippen LogP contribution >= 0.6 is 0 Å². The maximum absolute atomic E-state index is 13.1. The fourth-order valence-corrected chi connectivity index (χ4v) is 1.10. The highest BCUT2D eigenvalue weighted by Gasteiger charge is 2.63. The molecule has 0 aromatic heterocycles. The van der Waals surface area contributed by atoms with E-state index < -0.39 is 41.0 Å². The molecule has 0 aliphatic heterocycles. The summed E-state index contributed by atoms with van der Waals surface area (Å²) in [5.41, 5.74) is -1.56. The number of amides is 1. The molecule has 20 heavy (non-hydrogen) atoms. The van der Waals surface area contributed by atoms with Crippen molar-refractivity contribution in [1.29, 1.82) is 0 Å². The van der Waals surface area contributed by atoms with Crippen LogP contribution in [0.1, 0.15) is 10.4 Å². The van der Waals surface area contributed by atoms with E-state index in [0.29, 0.717) is 18.2 Å². The van der Waals surface area contributed by atoms with Gasteiger partial charge in [-0.15, -0.1) is 0 Å². The SMILES string of the molecule is O=C(O)c1ccc(NC(=O)C(F)(F)C(F)(F)F)cc1F. The van der Waals surface area contributed by atoms with Crippen LogP contribution in [0.2, 0.25) is 0 Å². The van der Waals surface area contributed by atoms with Crippen LogP contribution in [-0.2, 0) is 4.79 Å². The first-order valence-corrected chi connectivity index (χ1v) is 4.75. The predicted octanol–water partition coefficient (Wildman–Crippen LogP) is 2.66. The number of carbonyl (C=O) groups excluding carboxylic acids is 1. The van der Waals surface area contributed by atoms with Crippen molar-refractivity contribution in [1.82, 2.24) is 0 Å². The lowest BCUT2D eigenvalue weighted by Gasteiger charge is -2.18. The summed E-state index contributed by atoms with van der Waals surface area (Å²) in [4.78, 5) is 21.2. The maximum Gasteiger partial charge on any atom is 0.463 e. The highest BCUT2D eigenvalue weighted by molar-refractivity contribution is 5.97. The maximum atomic E-state index is 13.1. The van der Waals surface area contributed by atoms with Crippen molar-refractivity contribution >= 4 is 17.6 Å². The number of benzene rings is 1. The predicted molar refractivity (Wildman–Crippen MR) is 53.0 cm³/mol. The number of carbonyl (C=O) groups is 2. The zero-order chi connectivity index (χ0) is 15.7. The molecule has 0 spiro atoms. The van der Waals surface area contributed by atoms with Gasteiger partial charge in [-0.3, -0.25) is 4.79 Å². The van der Waals surface area contributed by atoms with Crippen LogP contribution in [0, 0.1) is 5.82 Å². The average Bonchev–Trinajstić information content (AvgIpc) is 2.26. The number of hydrogen-bond donors (Lipinski definition) is 2. The number of halogens is 6. The largest absolute Gasteiger partial charge is 0.478 e. The summed E-state index contributed by atoms with van der Waals surface area (Å²) in [5, 5.41) is 9.63. The van der Waals surface area contributed by atoms with E-state index in [4.69, 9.17) is 5.11 Å². The Morgan fingerprint density at radius 3 is 2.05 bits per heavy atom. The molecule has 0 bridgehead atoms. The normalized spacial score (nSPS) is 12.1. The van der Waals surface area contributed by atoms with Gasteiger partial charge >= 0.3 is 24.0 Å². The minimum atomic E-state index is -6.10. The van der Waals surface area contributed by atoms with Gasteiger partial charge in [-0.05, 0) is 18.2 Å². The Bertz CT molecular complexity index is 554. The second kappa shape index (κ2) is 5.02. The van der Waals surface area contributed by atoms with Crippen LogP contribution in [0.3, 0.4) is 0 Å². The van der Waals surface area contributed by atoms with Crippen LogP contribution in [0.15, 0.2) is 18.2 Å². The highest BCUT2D eigenvalue weighted by Crippen LogP contribution is 2.36. The summed E-state index contributed by atoms with van der Waals surface area (Å²) < 4.78 is 73.9. The van der Waals surface area contributed by atoms with E-state index in [9.17, 15) is 35.9 Å². The van der Waals surface area contributed by atoms with Gasteiger partial charge in [-0.2, -0.15) is 22.0 Å². The lowest BCUT2D eigenvalue weighted by atomic mass is 10.2. The van der Waals surface area contributed by atoms with E-state index in [1.54, 1.807) is 0 Å². The third kappa shape index (κ3) is 3.00. The summed E-state index contributed by atoms with van der Waals surface area (Å²) in [5.74, 6) is -11.4. The molecule has 2 N–H and O–H groups in total. The average molecular weight is 301 g/mol. The van der Waals surface area contributed by atoms with Crippen molar-refractivity contribution in [2.45, 2.75) is 12.1 Å². The number of aromatic carboxylic acids is 1. The first kappa shape index (κ1) is 15.8. The Morgan fingerprint density at radius 2 is 1.65 bits per heavy atom. The standard InChI is InChI=1S/C10H5F6NO3/c11-6-3-4(1-2-5(6)7(18)19)17-8(20)9(12,13)10(14,15)16/h1-3H,(H,17,20)(H,18,19). The summed E-state index contributed by atoms with van der Waals surface area (Å²) in [6.07, 6.45) is -6.10. The molecular formula is C10H5F6NO3. The lowest BCUT2D eigenvalue weighted by Crippen LogP contribution is -2.47. The van der Waals surface area contributed by atoms with Gasteiger partial charge in [-0.25, -0.2) is 9.18 Å². The molecule has 0 saturated carbocycles. The van der Waals surface area contributed by atoms with Gasteiger partial charge in [0.25, 0.3) is 0 Å². The number of carboxylic acids is 1. The molecule has 0 radical (unpaired) electrons. The van der Waals surface area contributed by atoms with E-state index in [2.05, 4.69) is 0 Å². The summed E-state index contributed by atoms with van der Waals surface area (Å²) in [6, 6.07) is 1.60. The van der Waals surface area contributed by atoms with Gasteiger partial charge < -0.3 is 10.4 Å². The number of alkyl halides is 5. The molecule has 0 heterocycles. The van der Waals surface area contributed by atoms with Crippen LogP contribution in [0.5, 0.6) is 0 Å². The van der Waals surface area contributed by atoms with Gasteiger partial charge in [0.1, 0.15) is 5.82 Å². The molecule has 4 nitrogen and oxygen atoms in total. The summed E-state index contributed by atoms with van der Waals surface area (Å²) in [7, 11) is 0. The zero-order valence-corrected chi connectivity index (χ0v) is 9.26. The van der Waals surface area contributed by atoms with E-state index in [0.717, 1.165) is 5.32 Å². The molecule has 1 rings (SSSR count). The monoisotopic (exact) mass is 301 g/mol. The van der Waals surface area contributed by atoms with E-state index >= 15 is 0 Å². The van der Waals surface area contributed by atoms with Gasteiger partial charge in [-0.1, -0.05) is 0 Å². The van der Waals surface area contributed by atoms with Crippen LogP contribution in [0.25, 0.3) is 0 Å². The first-order valence-electron chi connectivity index (χ1n) is 4.75. The van der Waals surface area contributed by atoms with Crippen molar-refractivity contribution in [2.75, 3.05) is 5.32 Å². The smallest absolute Gasteiger partial charge is 0.463 e. The number of rotatable bonds is 3. The van der Waals surface area contributed by atoms with Crippen molar-refractivity contribution in [3.05, 3.63) is 29.6 Å².